The molecule has 0 bridgehead atoms. The fraction of sp³-hybridized carbons (Fsp3) is 0.833. The molecule has 0 N–H and O–H groups in total. The average Bonchev–Trinajstić information content (AvgIpc) is 1.66. The van der Waals surface area contributed by atoms with Crippen LogP contribution in [0, 0.1) is 0 Å². The van der Waals surface area contributed by atoms with Crippen molar-refractivity contribution in [2.45, 2.75) is 32.6 Å². The van der Waals surface area contributed by atoms with Crippen LogP contribution in [0.2, 0.25) is 0 Å². The Kier molecular flexibility index (Phi) is 11.5. The standard InChI is InChI=1S/C6H12O2.Na/c1-2-3-4-5-6(7)8;/h2-5H2,1H3,(H,7,8);/q;+1/p-1/i6+2;. The third kappa shape index (κ3) is 11.8. The summed E-state index contributed by atoms with van der Waals surface area (Å²) in [7, 11) is 0. The molecule has 0 rings (SSSR count). The first-order chi connectivity index (χ1) is 3.77. The van der Waals surface area contributed by atoms with Crippen molar-refractivity contribution in [2.24, 2.45) is 0 Å². The number of rotatable bonds is 4. The van der Waals surface area contributed by atoms with Crippen molar-refractivity contribution in [1.29, 1.82) is 0 Å². The molecule has 0 fully saturated rings. The first-order valence-electron chi connectivity index (χ1n) is 2.97. The Bertz CT molecular complexity index is 73.5. The molecule has 0 saturated heterocycles. The molecule has 0 spiro atoms. The van der Waals surface area contributed by atoms with Crippen LogP contribution in [-0.2, 0) is 4.79 Å². The van der Waals surface area contributed by atoms with Crippen LogP contribution in [0.5, 0.6) is 0 Å². The number of hydrogen-bond acceptors (Lipinski definition) is 2. The molecule has 2 nitrogen and oxygen atoms in total. The maximum Gasteiger partial charge on any atom is 1.00 e. The predicted octanol–water partition coefficient (Wildman–Crippen LogP) is -2.68. The van der Waals surface area contributed by atoms with Crippen molar-refractivity contribution in [3.63, 3.8) is 0 Å². The molecular weight excluding hydrogens is 129 g/mol. The molecule has 0 aromatic rings. The molecule has 0 radical (unpaired) electrons. The third-order valence-corrected chi connectivity index (χ3v) is 0.984. The molecule has 0 heterocycles. The van der Waals surface area contributed by atoms with Crippen molar-refractivity contribution in [1.82, 2.24) is 0 Å². The minimum absolute atomic E-state index is 0. The van der Waals surface area contributed by atoms with Crippen LogP contribution in [0.1, 0.15) is 32.6 Å². The number of carbonyl (C=O) groups excluding carboxylic acids is 1. The second-order valence-electron chi connectivity index (χ2n) is 1.83. The summed E-state index contributed by atoms with van der Waals surface area (Å²) in [6, 6.07) is 0. The van der Waals surface area contributed by atoms with E-state index < -0.39 is 5.97 Å². The van der Waals surface area contributed by atoms with E-state index in [9.17, 15) is 9.90 Å². The van der Waals surface area contributed by atoms with Gasteiger partial charge in [0.1, 0.15) is 0 Å². The fourth-order valence-corrected chi connectivity index (χ4v) is 0.519. The van der Waals surface area contributed by atoms with Gasteiger partial charge < -0.3 is 9.90 Å². The molecule has 0 aromatic carbocycles. The van der Waals surface area contributed by atoms with Gasteiger partial charge in [-0.05, 0) is 12.8 Å². The van der Waals surface area contributed by atoms with Crippen molar-refractivity contribution < 1.29 is 39.5 Å². The molecule has 0 aliphatic carbocycles. The molecule has 3 heteroatoms. The van der Waals surface area contributed by atoms with E-state index in [2.05, 4.69) is 0 Å². The van der Waals surface area contributed by atoms with Crippen LogP contribution in [0.3, 0.4) is 0 Å². The Morgan fingerprint density at radius 2 is 2.00 bits per heavy atom. The quantitative estimate of drug-likeness (QED) is 0.315. The minimum Gasteiger partial charge on any atom is -0.550 e. The van der Waals surface area contributed by atoms with Gasteiger partial charge in [0.15, 0.2) is 0 Å². The second kappa shape index (κ2) is 8.47. The van der Waals surface area contributed by atoms with E-state index in [1.165, 1.54) is 0 Å². The average molecular weight is 140 g/mol. The molecule has 0 unspecified atom stereocenters. The zero-order valence-corrected chi connectivity index (χ0v) is 8.14. The summed E-state index contributed by atoms with van der Waals surface area (Å²) in [5.74, 6) is -0.932. The van der Waals surface area contributed by atoms with Gasteiger partial charge in [-0.2, -0.15) is 0 Å². The molecule has 0 aliphatic rings. The van der Waals surface area contributed by atoms with E-state index in [0.717, 1.165) is 19.3 Å². The summed E-state index contributed by atoms with van der Waals surface area (Å²) in [4.78, 5) is 9.76. The number of unbranched alkanes of at least 4 members (excludes halogenated alkanes) is 2. The van der Waals surface area contributed by atoms with E-state index in [-0.39, 0.29) is 36.0 Å². The van der Waals surface area contributed by atoms with Gasteiger partial charge in [0, 0.05) is 5.97 Å². The summed E-state index contributed by atoms with van der Waals surface area (Å²) in [6.07, 6.45) is 3.04. The van der Waals surface area contributed by atoms with Crippen LogP contribution in [0.4, 0.5) is 0 Å². The molecular formula is C6H11NaO2. The summed E-state index contributed by atoms with van der Waals surface area (Å²) in [5, 5.41) is 9.76. The first kappa shape index (κ1) is 12.2. The third-order valence-electron chi connectivity index (χ3n) is 0.984. The van der Waals surface area contributed by atoms with Crippen LogP contribution < -0.4 is 34.7 Å². The molecule has 0 aromatic heterocycles. The predicted molar refractivity (Wildman–Crippen MR) is 29.1 cm³/mol. The van der Waals surface area contributed by atoms with Gasteiger partial charge in [-0.3, -0.25) is 0 Å². The Morgan fingerprint density at radius 3 is 2.33 bits per heavy atom. The van der Waals surface area contributed by atoms with Crippen molar-refractivity contribution >= 4 is 5.97 Å². The largest absolute Gasteiger partial charge is 1.00 e. The number of aliphatic carboxylic acids is 1. The topological polar surface area (TPSA) is 40.1 Å². The molecule has 9 heavy (non-hydrogen) atoms. The fourth-order valence-electron chi connectivity index (χ4n) is 0.519. The van der Waals surface area contributed by atoms with E-state index in [1.54, 1.807) is 0 Å². The van der Waals surface area contributed by atoms with E-state index in [1.807, 2.05) is 6.92 Å². The van der Waals surface area contributed by atoms with Gasteiger partial charge >= 0.3 is 29.6 Å². The minimum atomic E-state index is -0.932. The molecule has 0 aliphatic heterocycles. The second-order valence-corrected chi connectivity index (χ2v) is 1.83. The van der Waals surface area contributed by atoms with Crippen LogP contribution in [0.25, 0.3) is 0 Å². The van der Waals surface area contributed by atoms with Crippen LogP contribution in [-0.4, -0.2) is 5.97 Å². The van der Waals surface area contributed by atoms with Crippen molar-refractivity contribution in [3.05, 3.63) is 0 Å². The molecule has 0 atom stereocenters. The van der Waals surface area contributed by atoms with Gasteiger partial charge in [0.25, 0.3) is 0 Å². The van der Waals surface area contributed by atoms with Gasteiger partial charge in [-0.1, -0.05) is 19.8 Å². The van der Waals surface area contributed by atoms with Crippen molar-refractivity contribution in [3.8, 4) is 0 Å². The number of carbonyl (C=O) groups is 1. The molecule has 48 valence electrons. The summed E-state index contributed by atoms with van der Waals surface area (Å²) in [5.41, 5.74) is 0. The molecule has 0 saturated carbocycles. The number of hydrogen-bond donors (Lipinski definition) is 0. The summed E-state index contributed by atoms with van der Waals surface area (Å²) >= 11 is 0. The first-order valence-corrected chi connectivity index (χ1v) is 2.97. The van der Waals surface area contributed by atoms with E-state index >= 15 is 0 Å². The Labute approximate surface area is 77.9 Å². The van der Waals surface area contributed by atoms with E-state index in [0.29, 0.717) is 0 Å². The number of carboxylic acid groups (broad SMARTS) is 1. The SMILES string of the molecule is CCCCC[14C](=O)[O-].[Na+]. The van der Waals surface area contributed by atoms with Gasteiger partial charge in [0.05, 0.1) is 0 Å². The van der Waals surface area contributed by atoms with Crippen LogP contribution in [0.15, 0.2) is 0 Å². The van der Waals surface area contributed by atoms with Gasteiger partial charge in [0.2, 0.25) is 0 Å². The maximum absolute atomic E-state index is 9.76. The Hall–Kier alpha value is 0.470. The van der Waals surface area contributed by atoms with Gasteiger partial charge in [-0.25, -0.2) is 0 Å². The molecule has 0 amide bonds. The normalized spacial score (nSPS) is 8.11. The zero-order chi connectivity index (χ0) is 6.41. The van der Waals surface area contributed by atoms with Crippen LogP contribution >= 0.6 is 0 Å². The Morgan fingerprint density at radius 1 is 1.44 bits per heavy atom. The summed E-state index contributed by atoms with van der Waals surface area (Å²) < 4.78 is 0. The maximum atomic E-state index is 9.76. The Balaban J connectivity index is 0. The zero-order valence-electron chi connectivity index (χ0n) is 6.14. The van der Waals surface area contributed by atoms with E-state index in [4.69, 9.17) is 0 Å². The smallest absolute Gasteiger partial charge is 0.550 e. The number of carboxylic acids is 1. The van der Waals surface area contributed by atoms with Gasteiger partial charge in [-0.15, -0.1) is 0 Å². The summed E-state index contributed by atoms with van der Waals surface area (Å²) in [6.45, 7) is 2.04. The van der Waals surface area contributed by atoms with Crippen molar-refractivity contribution in [2.75, 3.05) is 0 Å². The monoisotopic (exact) mass is 140 g/mol.